The predicted molar refractivity (Wildman–Crippen MR) is 108 cm³/mol. The van der Waals surface area contributed by atoms with Gasteiger partial charge in [0.2, 0.25) is 0 Å². The molecule has 0 saturated carbocycles. The molecule has 28 heavy (non-hydrogen) atoms. The number of aldehydes is 1. The zero-order valence-corrected chi connectivity index (χ0v) is 15.7. The first kappa shape index (κ1) is 19.4. The van der Waals surface area contributed by atoms with Crippen molar-refractivity contribution >= 4 is 12.3 Å². The lowest BCUT2D eigenvalue weighted by molar-refractivity contribution is -0.142. The number of benzene rings is 3. The number of esters is 1. The van der Waals surface area contributed by atoms with Gasteiger partial charge >= 0.3 is 5.97 Å². The van der Waals surface area contributed by atoms with Gasteiger partial charge in [-0.15, -0.1) is 0 Å². The Labute approximate surface area is 164 Å². The van der Waals surface area contributed by atoms with Crippen molar-refractivity contribution in [2.75, 3.05) is 7.11 Å². The van der Waals surface area contributed by atoms with E-state index in [0.29, 0.717) is 12.2 Å². The topological polar surface area (TPSA) is 52.6 Å². The van der Waals surface area contributed by atoms with Crippen LogP contribution in [0.5, 0.6) is 11.5 Å². The lowest BCUT2D eigenvalue weighted by Gasteiger charge is -2.30. The van der Waals surface area contributed by atoms with E-state index in [0.717, 1.165) is 23.2 Å². The zero-order valence-electron chi connectivity index (χ0n) is 15.7. The summed E-state index contributed by atoms with van der Waals surface area (Å²) in [5, 5.41) is 0. The third-order valence-electron chi connectivity index (χ3n) is 4.77. The van der Waals surface area contributed by atoms with Gasteiger partial charge < -0.3 is 14.3 Å². The van der Waals surface area contributed by atoms with Gasteiger partial charge in [0.05, 0.1) is 7.11 Å². The molecule has 4 heteroatoms. The van der Waals surface area contributed by atoms with Gasteiger partial charge in [-0.1, -0.05) is 60.7 Å². The number of hydrogen-bond acceptors (Lipinski definition) is 4. The second-order valence-electron chi connectivity index (χ2n) is 6.55. The molecule has 0 bridgehead atoms. The Morgan fingerprint density at radius 2 is 1.46 bits per heavy atom. The highest BCUT2D eigenvalue weighted by Gasteiger charge is 2.42. The van der Waals surface area contributed by atoms with Gasteiger partial charge in [0.1, 0.15) is 23.2 Å². The second-order valence-corrected chi connectivity index (χ2v) is 6.55. The number of carbonyl (C=O) groups is 2. The average molecular weight is 374 g/mol. The van der Waals surface area contributed by atoms with Gasteiger partial charge in [0.15, 0.2) is 0 Å². The first-order valence-corrected chi connectivity index (χ1v) is 9.07. The summed E-state index contributed by atoms with van der Waals surface area (Å²) >= 11 is 0. The Morgan fingerprint density at radius 3 is 2.04 bits per heavy atom. The van der Waals surface area contributed by atoms with Crippen LogP contribution in [0.4, 0.5) is 0 Å². The molecular weight excluding hydrogens is 352 g/mol. The minimum absolute atomic E-state index is 0.0225. The summed E-state index contributed by atoms with van der Waals surface area (Å²) in [4.78, 5) is 25.0. The number of carbonyl (C=O) groups excluding carboxylic acids is 2. The number of methoxy groups -OCH3 is 1. The van der Waals surface area contributed by atoms with Gasteiger partial charge in [-0.05, 0) is 41.8 Å². The molecule has 142 valence electrons. The van der Waals surface area contributed by atoms with E-state index in [2.05, 4.69) is 0 Å². The maximum atomic E-state index is 13.3. The van der Waals surface area contributed by atoms with Crippen molar-refractivity contribution in [2.45, 2.75) is 18.3 Å². The molecule has 3 aromatic carbocycles. The van der Waals surface area contributed by atoms with E-state index in [1.54, 1.807) is 31.4 Å². The SMILES string of the molecule is COc1ccc(CC(CC=O)(C(=O)Oc2ccccc2)c2ccccc2)cc1. The molecule has 1 unspecified atom stereocenters. The Hall–Kier alpha value is -3.40. The van der Waals surface area contributed by atoms with Crippen molar-refractivity contribution < 1.29 is 19.1 Å². The summed E-state index contributed by atoms with van der Waals surface area (Å²) in [5.41, 5.74) is 0.545. The normalized spacial score (nSPS) is 12.6. The van der Waals surface area contributed by atoms with Gasteiger partial charge in [0, 0.05) is 6.42 Å². The summed E-state index contributed by atoms with van der Waals surface area (Å²) in [6, 6.07) is 25.7. The molecule has 4 nitrogen and oxygen atoms in total. The molecule has 3 aromatic rings. The third-order valence-corrected chi connectivity index (χ3v) is 4.77. The van der Waals surface area contributed by atoms with E-state index < -0.39 is 11.4 Å². The third kappa shape index (κ3) is 4.29. The van der Waals surface area contributed by atoms with Crippen molar-refractivity contribution in [1.82, 2.24) is 0 Å². The molecule has 0 heterocycles. The summed E-state index contributed by atoms with van der Waals surface area (Å²) in [7, 11) is 1.60. The molecule has 0 N–H and O–H groups in total. The van der Waals surface area contributed by atoms with Gasteiger partial charge in [0.25, 0.3) is 0 Å². The van der Waals surface area contributed by atoms with Crippen LogP contribution in [0.2, 0.25) is 0 Å². The van der Waals surface area contributed by atoms with E-state index in [1.165, 1.54) is 0 Å². The standard InChI is InChI=1S/C24H22O4/c1-27-21-14-12-19(13-15-21)18-24(16-17-25,20-8-4-2-5-9-20)23(26)28-22-10-6-3-7-11-22/h2-15,17H,16,18H2,1H3. The lowest BCUT2D eigenvalue weighted by Crippen LogP contribution is -2.42. The van der Waals surface area contributed by atoms with Crippen molar-refractivity contribution in [2.24, 2.45) is 0 Å². The highest BCUT2D eigenvalue weighted by atomic mass is 16.5. The van der Waals surface area contributed by atoms with Crippen LogP contribution in [-0.4, -0.2) is 19.4 Å². The van der Waals surface area contributed by atoms with Gasteiger partial charge in [-0.25, -0.2) is 0 Å². The summed E-state index contributed by atoms with van der Waals surface area (Å²) in [5.74, 6) is 0.734. The number of para-hydroxylation sites is 1. The van der Waals surface area contributed by atoms with Crippen LogP contribution < -0.4 is 9.47 Å². The Bertz CT molecular complexity index is 904. The van der Waals surface area contributed by atoms with E-state index in [1.807, 2.05) is 60.7 Å². The number of hydrogen-bond donors (Lipinski definition) is 0. The van der Waals surface area contributed by atoms with Crippen LogP contribution in [-0.2, 0) is 21.4 Å². The molecular formula is C24H22O4. The first-order chi connectivity index (χ1) is 13.7. The average Bonchev–Trinajstić information content (AvgIpc) is 2.75. The summed E-state index contributed by atoms with van der Waals surface area (Å²) in [6.45, 7) is 0. The van der Waals surface area contributed by atoms with Gasteiger partial charge in [-0.3, -0.25) is 4.79 Å². The van der Waals surface area contributed by atoms with Crippen molar-refractivity contribution in [1.29, 1.82) is 0 Å². The zero-order chi connectivity index (χ0) is 19.8. The highest BCUT2D eigenvalue weighted by molar-refractivity contribution is 5.88. The molecule has 0 radical (unpaired) electrons. The predicted octanol–water partition coefficient (Wildman–Crippen LogP) is 4.37. The van der Waals surface area contributed by atoms with Crippen LogP contribution in [0, 0.1) is 0 Å². The molecule has 1 atom stereocenters. The summed E-state index contributed by atoms with van der Waals surface area (Å²) in [6.07, 6.45) is 1.14. The molecule has 0 aliphatic rings. The first-order valence-electron chi connectivity index (χ1n) is 9.07. The fraction of sp³-hybridized carbons (Fsp3) is 0.167. The minimum Gasteiger partial charge on any atom is -0.497 e. The van der Waals surface area contributed by atoms with E-state index >= 15 is 0 Å². The molecule has 0 fully saturated rings. The Kier molecular flexibility index (Phi) is 6.22. The van der Waals surface area contributed by atoms with E-state index in [9.17, 15) is 9.59 Å². The molecule has 0 saturated heterocycles. The molecule has 3 rings (SSSR count). The monoisotopic (exact) mass is 374 g/mol. The second kappa shape index (κ2) is 9.00. The van der Waals surface area contributed by atoms with Crippen LogP contribution in [0.15, 0.2) is 84.9 Å². The summed E-state index contributed by atoms with van der Waals surface area (Å²) < 4.78 is 10.9. The quantitative estimate of drug-likeness (QED) is 0.334. The number of rotatable bonds is 8. The van der Waals surface area contributed by atoms with E-state index in [-0.39, 0.29) is 6.42 Å². The minimum atomic E-state index is -1.12. The van der Waals surface area contributed by atoms with Crippen LogP contribution in [0.25, 0.3) is 0 Å². The van der Waals surface area contributed by atoms with Crippen molar-refractivity contribution in [3.8, 4) is 11.5 Å². The largest absolute Gasteiger partial charge is 0.497 e. The highest BCUT2D eigenvalue weighted by Crippen LogP contribution is 2.34. The maximum Gasteiger partial charge on any atom is 0.322 e. The Balaban J connectivity index is 2.02. The lowest BCUT2D eigenvalue weighted by atomic mass is 9.73. The maximum absolute atomic E-state index is 13.3. The fourth-order valence-corrected chi connectivity index (χ4v) is 3.25. The smallest absolute Gasteiger partial charge is 0.322 e. The molecule has 0 aliphatic carbocycles. The molecule has 0 aromatic heterocycles. The van der Waals surface area contributed by atoms with Crippen molar-refractivity contribution in [3.63, 3.8) is 0 Å². The Morgan fingerprint density at radius 1 is 0.857 bits per heavy atom. The van der Waals surface area contributed by atoms with Gasteiger partial charge in [-0.2, -0.15) is 0 Å². The van der Waals surface area contributed by atoms with Crippen molar-refractivity contribution in [3.05, 3.63) is 96.1 Å². The fourth-order valence-electron chi connectivity index (χ4n) is 3.25. The van der Waals surface area contributed by atoms with Crippen LogP contribution in [0.1, 0.15) is 17.5 Å². The number of ether oxygens (including phenoxy) is 2. The van der Waals surface area contributed by atoms with Crippen LogP contribution in [0.3, 0.4) is 0 Å². The molecule has 0 amide bonds. The molecule has 0 spiro atoms. The van der Waals surface area contributed by atoms with Crippen LogP contribution >= 0.6 is 0 Å². The molecule has 0 aliphatic heterocycles. The van der Waals surface area contributed by atoms with E-state index in [4.69, 9.17) is 9.47 Å².